The van der Waals surface area contributed by atoms with Gasteiger partial charge in [0.1, 0.15) is 0 Å². The van der Waals surface area contributed by atoms with Gasteiger partial charge in [0.15, 0.2) is 0 Å². The minimum absolute atomic E-state index is 0.771. The fourth-order valence-corrected chi connectivity index (χ4v) is 3.14. The maximum Gasteiger partial charge on any atom is 0.0409 e. The Morgan fingerprint density at radius 1 is 1.27 bits per heavy atom. The highest BCUT2D eigenvalue weighted by molar-refractivity contribution is 6.30. The van der Waals surface area contributed by atoms with E-state index >= 15 is 0 Å². The zero-order valence-corrected chi connectivity index (χ0v) is 9.72. The van der Waals surface area contributed by atoms with Crippen molar-refractivity contribution in [3.8, 4) is 0 Å². The molecule has 1 heteroatoms. The third kappa shape index (κ3) is 1.52. The Morgan fingerprint density at radius 2 is 2.13 bits per heavy atom. The first-order valence-corrected chi connectivity index (χ1v) is 6.08. The van der Waals surface area contributed by atoms with Crippen LogP contribution >= 0.6 is 11.6 Å². The van der Waals surface area contributed by atoms with Gasteiger partial charge in [0.2, 0.25) is 0 Å². The summed E-state index contributed by atoms with van der Waals surface area (Å²) in [5, 5.41) is 0.882. The Hall–Kier alpha value is -0.750. The smallest absolute Gasteiger partial charge is 0.0409 e. The summed E-state index contributed by atoms with van der Waals surface area (Å²) < 4.78 is 0. The standard InChI is InChI=1S/C14H15Cl/c1-9-6-10-3-5-13(10)14-8-12(15)4-2-11(14)7-9/h2,4,7-8,10,13H,3,5-6H2,1H3/t10-,13+/m1/s1. The molecule has 0 aliphatic heterocycles. The van der Waals surface area contributed by atoms with Crippen molar-refractivity contribution in [3.63, 3.8) is 0 Å². The topological polar surface area (TPSA) is 0 Å². The molecule has 0 spiro atoms. The second kappa shape index (κ2) is 3.38. The van der Waals surface area contributed by atoms with E-state index in [-0.39, 0.29) is 0 Å². The van der Waals surface area contributed by atoms with Crippen molar-refractivity contribution >= 4 is 17.7 Å². The average molecular weight is 219 g/mol. The van der Waals surface area contributed by atoms with Gasteiger partial charge in [0.05, 0.1) is 0 Å². The fourth-order valence-electron chi connectivity index (χ4n) is 2.96. The first-order valence-electron chi connectivity index (χ1n) is 5.70. The maximum absolute atomic E-state index is 6.08. The minimum Gasteiger partial charge on any atom is -0.0843 e. The lowest BCUT2D eigenvalue weighted by molar-refractivity contribution is 0.255. The van der Waals surface area contributed by atoms with Crippen LogP contribution in [0.5, 0.6) is 0 Å². The molecule has 0 heterocycles. The molecule has 0 N–H and O–H groups in total. The quantitative estimate of drug-likeness (QED) is 0.595. The summed E-state index contributed by atoms with van der Waals surface area (Å²) in [7, 11) is 0. The minimum atomic E-state index is 0.771. The number of benzene rings is 1. The monoisotopic (exact) mass is 218 g/mol. The van der Waals surface area contributed by atoms with Crippen LogP contribution in [0, 0.1) is 5.92 Å². The van der Waals surface area contributed by atoms with Crippen LogP contribution < -0.4 is 0 Å². The highest BCUT2D eigenvalue weighted by atomic mass is 35.5. The van der Waals surface area contributed by atoms with Gasteiger partial charge < -0.3 is 0 Å². The van der Waals surface area contributed by atoms with Crippen LogP contribution in [-0.4, -0.2) is 0 Å². The molecule has 15 heavy (non-hydrogen) atoms. The number of fused-ring (bicyclic) bond motifs is 3. The predicted molar refractivity (Wildman–Crippen MR) is 65.2 cm³/mol. The molecule has 1 aromatic rings. The molecule has 1 saturated carbocycles. The van der Waals surface area contributed by atoms with E-state index in [4.69, 9.17) is 11.6 Å². The van der Waals surface area contributed by atoms with Crippen LogP contribution in [0.25, 0.3) is 6.08 Å². The first kappa shape index (κ1) is 9.47. The van der Waals surface area contributed by atoms with Crippen molar-refractivity contribution in [1.29, 1.82) is 0 Å². The summed E-state index contributed by atoms with van der Waals surface area (Å²) in [6.07, 6.45) is 6.35. The molecule has 0 saturated heterocycles. The van der Waals surface area contributed by atoms with Crippen LogP contribution in [0.4, 0.5) is 0 Å². The molecule has 0 aromatic heterocycles. The SMILES string of the molecule is CC1=Cc2ccc(Cl)cc2[C@H]2CC[C@@H]2C1. The molecule has 2 atom stereocenters. The number of hydrogen-bond acceptors (Lipinski definition) is 0. The molecule has 3 rings (SSSR count). The molecule has 78 valence electrons. The molecule has 0 amide bonds. The summed E-state index contributed by atoms with van der Waals surface area (Å²) in [5.41, 5.74) is 4.39. The van der Waals surface area contributed by atoms with E-state index in [1.807, 2.05) is 6.07 Å². The van der Waals surface area contributed by atoms with Gasteiger partial charge in [-0.1, -0.05) is 29.3 Å². The normalized spacial score (nSPS) is 28.3. The molecule has 0 nitrogen and oxygen atoms in total. The van der Waals surface area contributed by atoms with Crippen molar-refractivity contribution in [1.82, 2.24) is 0 Å². The highest BCUT2D eigenvalue weighted by Crippen LogP contribution is 2.49. The van der Waals surface area contributed by atoms with E-state index in [1.54, 1.807) is 0 Å². The van der Waals surface area contributed by atoms with Gasteiger partial charge in [-0.15, -0.1) is 0 Å². The third-order valence-electron chi connectivity index (χ3n) is 3.85. The number of rotatable bonds is 0. The Kier molecular flexibility index (Phi) is 2.14. The van der Waals surface area contributed by atoms with Gasteiger partial charge in [-0.25, -0.2) is 0 Å². The van der Waals surface area contributed by atoms with E-state index in [0.717, 1.165) is 16.9 Å². The van der Waals surface area contributed by atoms with E-state index in [0.29, 0.717) is 0 Å². The van der Waals surface area contributed by atoms with E-state index in [2.05, 4.69) is 25.1 Å². The lowest BCUT2D eigenvalue weighted by atomic mass is 9.68. The Balaban J connectivity index is 2.14. The van der Waals surface area contributed by atoms with E-state index < -0.39 is 0 Å². The largest absolute Gasteiger partial charge is 0.0843 e. The lowest BCUT2D eigenvalue weighted by Gasteiger charge is -2.36. The zero-order valence-electron chi connectivity index (χ0n) is 8.96. The van der Waals surface area contributed by atoms with Crippen LogP contribution in [0.1, 0.15) is 43.2 Å². The summed E-state index contributed by atoms with van der Waals surface area (Å²) in [4.78, 5) is 0. The summed E-state index contributed by atoms with van der Waals surface area (Å²) in [6.45, 7) is 2.25. The third-order valence-corrected chi connectivity index (χ3v) is 4.09. The Bertz CT molecular complexity index is 431. The molecule has 0 radical (unpaired) electrons. The number of hydrogen-bond donors (Lipinski definition) is 0. The predicted octanol–water partition coefficient (Wildman–Crippen LogP) is 4.64. The van der Waals surface area contributed by atoms with E-state index in [9.17, 15) is 0 Å². The molecule has 2 aliphatic carbocycles. The number of allylic oxidation sites excluding steroid dienone is 1. The summed E-state index contributed by atoms with van der Waals surface area (Å²) >= 11 is 6.08. The van der Waals surface area contributed by atoms with Gasteiger partial charge in [-0.2, -0.15) is 0 Å². The first-order chi connectivity index (χ1) is 7.24. The van der Waals surface area contributed by atoms with Gasteiger partial charge >= 0.3 is 0 Å². The van der Waals surface area contributed by atoms with Crippen molar-refractivity contribution < 1.29 is 0 Å². The maximum atomic E-state index is 6.08. The van der Waals surface area contributed by atoms with Crippen LogP contribution in [-0.2, 0) is 0 Å². The molecule has 1 aromatic carbocycles. The Labute approximate surface area is 96.0 Å². The second-order valence-electron chi connectivity index (χ2n) is 4.91. The molecule has 2 aliphatic rings. The van der Waals surface area contributed by atoms with Crippen molar-refractivity contribution in [2.75, 3.05) is 0 Å². The number of halogens is 1. The lowest BCUT2D eigenvalue weighted by Crippen LogP contribution is -2.23. The van der Waals surface area contributed by atoms with Gasteiger partial charge in [-0.3, -0.25) is 0 Å². The summed E-state index contributed by atoms with van der Waals surface area (Å²) in [6, 6.07) is 6.34. The highest BCUT2D eigenvalue weighted by Gasteiger charge is 2.34. The van der Waals surface area contributed by atoms with Gasteiger partial charge in [-0.05, 0) is 61.3 Å². The van der Waals surface area contributed by atoms with Gasteiger partial charge in [0, 0.05) is 5.02 Å². The molecule has 0 bridgehead atoms. The van der Waals surface area contributed by atoms with Crippen LogP contribution in [0.3, 0.4) is 0 Å². The van der Waals surface area contributed by atoms with Crippen molar-refractivity contribution in [2.24, 2.45) is 5.92 Å². The Morgan fingerprint density at radius 3 is 2.87 bits per heavy atom. The molecule has 0 unspecified atom stereocenters. The van der Waals surface area contributed by atoms with E-state index in [1.165, 1.54) is 36.0 Å². The average Bonchev–Trinajstić information content (AvgIpc) is 2.24. The van der Waals surface area contributed by atoms with Crippen molar-refractivity contribution in [2.45, 2.75) is 32.1 Å². The second-order valence-corrected chi connectivity index (χ2v) is 5.35. The molecular weight excluding hydrogens is 204 g/mol. The van der Waals surface area contributed by atoms with Gasteiger partial charge in [0.25, 0.3) is 0 Å². The fraction of sp³-hybridized carbons (Fsp3) is 0.429. The summed E-state index contributed by atoms with van der Waals surface area (Å²) in [5.74, 6) is 1.65. The van der Waals surface area contributed by atoms with Crippen molar-refractivity contribution in [3.05, 3.63) is 39.9 Å². The molecular formula is C14H15Cl. The van der Waals surface area contributed by atoms with Crippen LogP contribution in [0.2, 0.25) is 5.02 Å². The zero-order chi connectivity index (χ0) is 10.4. The molecule has 1 fully saturated rings. The van der Waals surface area contributed by atoms with Crippen LogP contribution in [0.15, 0.2) is 23.8 Å².